The molecule has 1 amide bonds. The zero-order chi connectivity index (χ0) is 20.6. The maximum Gasteiger partial charge on any atom is 0.220 e. The number of aromatic nitrogens is 1. The second kappa shape index (κ2) is 10.4. The van der Waals surface area contributed by atoms with Crippen LogP contribution in [0.5, 0.6) is 0 Å². The van der Waals surface area contributed by atoms with Gasteiger partial charge in [-0.25, -0.2) is 8.78 Å². The van der Waals surface area contributed by atoms with Gasteiger partial charge in [0.1, 0.15) is 0 Å². The summed E-state index contributed by atoms with van der Waals surface area (Å²) >= 11 is 0. The van der Waals surface area contributed by atoms with Crippen LogP contribution in [-0.4, -0.2) is 28.9 Å². The van der Waals surface area contributed by atoms with Crippen LogP contribution in [0.25, 0.3) is 0 Å². The van der Waals surface area contributed by atoms with E-state index in [0.717, 1.165) is 63.1 Å². The van der Waals surface area contributed by atoms with Gasteiger partial charge in [-0.2, -0.15) is 0 Å². The van der Waals surface area contributed by atoms with Gasteiger partial charge < -0.3 is 5.32 Å². The lowest BCUT2D eigenvalue weighted by Crippen LogP contribution is -2.35. The van der Waals surface area contributed by atoms with Gasteiger partial charge in [0.15, 0.2) is 11.6 Å². The number of halogens is 2. The molecule has 1 fully saturated rings. The molecule has 1 aromatic carbocycles. The molecule has 0 spiro atoms. The van der Waals surface area contributed by atoms with Gasteiger partial charge in [0.2, 0.25) is 5.91 Å². The minimum absolute atomic E-state index is 0.0522. The van der Waals surface area contributed by atoms with Crippen molar-refractivity contribution >= 4 is 5.91 Å². The molecule has 29 heavy (non-hydrogen) atoms. The number of amides is 1. The summed E-state index contributed by atoms with van der Waals surface area (Å²) < 4.78 is 26.2. The van der Waals surface area contributed by atoms with Gasteiger partial charge in [-0.15, -0.1) is 0 Å². The number of hydrogen-bond donors (Lipinski definition) is 1. The molecule has 1 saturated heterocycles. The lowest BCUT2D eigenvalue weighted by molar-refractivity contribution is -0.121. The summed E-state index contributed by atoms with van der Waals surface area (Å²) in [5.74, 6) is -1.33. The van der Waals surface area contributed by atoms with Crippen LogP contribution in [0.1, 0.15) is 49.4 Å². The molecule has 0 unspecified atom stereocenters. The maximum absolute atomic E-state index is 13.2. The number of pyridine rings is 1. The van der Waals surface area contributed by atoms with Crippen LogP contribution in [0, 0.1) is 17.6 Å². The van der Waals surface area contributed by atoms with E-state index in [1.54, 1.807) is 0 Å². The van der Waals surface area contributed by atoms with Crippen LogP contribution < -0.4 is 5.32 Å². The van der Waals surface area contributed by atoms with Gasteiger partial charge in [-0.05, 0) is 67.5 Å². The minimum atomic E-state index is -0.891. The number of likely N-dealkylation sites (tertiary alicyclic amines) is 1. The first-order chi connectivity index (χ1) is 14.0. The summed E-state index contributed by atoms with van der Waals surface area (Å²) in [6.45, 7) is 5.23. The highest BCUT2D eigenvalue weighted by Gasteiger charge is 2.21. The second-order valence-electron chi connectivity index (χ2n) is 7.82. The van der Waals surface area contributed by atoms with Crippen molar-refractivity contribution in [2.45, 2.75) is 52.1 Å². The van der Waals surface area contributed by atoms with Crippen LogP contribution in [0.15, 0.2) is 36.5 Å². The molecular weight excluding hydrogens is 372 g/mol. The predicted octanol–water partition coefficient (Wildman–Crippen LogP) is 4.23. The van der Waals surface area contributed by atoms with Crippen molar-refractivity contribution in [1.29, 1.82) is 0 Å². The number of carbonyl (C=O) groups excluding carboxylic acids is 1. The van der Waals surface area contributed by atoms with Crippen molar-refractivity contribution in [3.05, 3.63) is 65.0 Å². The van der Waals surface area contributed by atoms with Crippen LogP contribution in [0.2, 0.25) is 0 Å². The standard InChI is InChI=1S/C23H29F2N3O/c1-2-17-5-8-20(26-13-17)16-28-11-3-4-18(15-28)7-10-23(29)27-14-19-6-9-21(24)22(25)12-19/h5-6,8-9,12-13,18H,2-4,7,10-11,14-16H2,1H3,(H,27,29)/t18-/m1/s1. The Morgan fingerprint density at radius 1 is 1.21 bits per heavy atom. The Labute approximate surface area is 171 Å². The van der Waals surface area contributed by atoms with Crippen LogP contribution in [0.4, 0.5) is 8.78 Å². The third kappa shape index (κ3) is 6.60. The van der Waals surface area contributed by atoms with Crippen LogP contribution in [-0.2, 0) is 24.3 Å². The van der Waals surface area contributed by atoms with E-state index in [1.165, 1.54) is 11.6 Å². The average molecular weight is 402 g/mol. The molecule has 0 bridgehead atoms. The normalized spacial score (nSPS) is 17.3. The summed E-state index contributed by atoms with van der Waals surface area (Å²) in [6, 6.07) is 7.93. The Balaban J connectivity index is 1.40. The first-order valence-corrected chi connectivity index (χ1v) is 10.4. The van der Waals surface area contributed by atoms with Crippen molar-refractivity contribution in [2.75, 3.05) is 13.1 Å². The monoisotopic (exact) mass is 401 g/mol. The Hall–Kier alpha value is -2.34. The summed E-state index contributed by atoms with van der Waals surface area (Å²) in [5.41, 5.74) is 2.90. The van der Waals surface area contributed by atoms with Crippen molar-refractivity contribution in [2.24, 2.45) is 5.92 Å². The molecule has 1 aliphatic rings. The van der Waals surface area contributed by atoms with Gasteiger partial charge in [0.25, 0.3) is 0 Å². The summed E-state index contributed by atoms with van der Waals surface area (Å²) in [7, 11) is 0. The molecule has 0 aliphatic carbocycles. The number of aryl methyl sites for hydroxylation is 1. The molecule has 4 nitrogen and oxygen atoms in total. The topological polar surface area (TPSA) is 45.2 Å². The number of nitrogens with zero attached hydrogens (tertiary/aromatic N) is 2. The van der Waals surface area contributed by atoms with Gasteiger partial charge in [0, 0.05) is 32.3 Å². The van der Waals surface area contributed by atoms with E-state index in [0.29, 0.717) is 17.9 Å². The third-order valence-corrected chi connectivity index (χ3v) is 5.54. The molecule has 2 aromatic rings. The molecule has 1 aromatic heterocycles. The molecule has 156 valence electrons. The van der Waals surface area contributed by atoms with Gasteiger partial charge in [-0.3, -0.25) is 14.7 Å². The minimum Gasteiger partial charge on any atom is -0.352 e. The zero-order valence-electron chi connectivity index (χ0n) is 17.0. The van der Waals surface area contributed by atoms with E-state index in [-0.39, 0.29) is 12.5 Å². The number of benzene rings is 1. The van der Waals surface area contributed by atoms with Crippen molar-refractivity contribution in [3.63, 3.8) is 0 Å². The number of hydrogen-bond acceptors (Lipinski definition) is 3. The Morgan fingerprint density at radius 3 is 2.76 bits per heavy atom. The van der Waals surface area contributed by atoms with Gasteiger partial charge in [0.05, 0.1) is 5.69 Å². The van der Waals surface area contributed by atoms with Crippen molar-refractivity contribution in [3.8, 4) is 0 Å². The number of carbonyl (C=O) groups is 1. The SMILES string of the molecule is CCc1ccc(CN2CCC[C@H](CCC(=O)NCc3ccc(F)c(F)c3)C2)nc1. The zero-order valence-corrected chi connectivity index (χ0v) is 17.0. The van der Waals surface area contributed by atoms with Gasteiger partial charge >= 0.3 is 0 Å². The number of rotatable bonds is 8. The number of piperidine rings is 1. The van der Waals surface area contributed by atoms with E-state index >= 15 is 0 Å². The molecule has 0 radical (unpaired) electrons. The Bertz CT molecular complexity index is 810. The lowest BCUT2D eigenvalue weighted by atomic mass is 9.93. The summed E-state index contributed by atoms with van der Waals surface area (Å²) in [4.78, 5) is 19.1. The van der Waals surface area contributed by atoms with E-state index in [1.807, 2.05) is 6.20 Å². The number of nitrogens with one attached hydrogen (secondary N) is 1. The molecular formula is C23H29F2N3O. The van der Waals surface area contributed by atoms with Crippen molar-refractivity contribution in [1.82, 2.24) is 15.2 Å². The molecule has 3 rings (SSSR count). The van der Waals surface area contributed by atoms with Crippen LogP contribution >= 0.6 is 0 Å². The smallest absolute Gasteiger partial charge is 0.220 e. The maximum atomic E-state index is 13.2. The van der Waals surface area contributed by atoms with E-state index in [9.17, 15) is 13.6 Å². The van der Waals surface area contributed by atoms with Crippen LogP contribution in [0.3, 0.4) is 0 Å². The van der Waals surface area contributed by atoms with E-state index in [2.05, 4.69) is 34.3 Å². The van der Waals surface area contributed by atoms with Gasteiger partial charge in [-0.1, -0.05) is 19.1 Å². The molecule has 1 aliphatic heterocycles. The Morgan fingerprint density at radius 2 is 2.03 bits per heavy atom. The largest absolute Gasteiger partial charge is 0.352 e. The lowest BCUT2D eigenvalue weighted by Gasteiger charge is -2.32. The summed E-state index contributed by atoms with van der Waals surface area (Å²) in [5, 5.41) is 2.80. The average Bonchev–Trinajstić information content (AvgIpc) is 2.74. The highest BCUT2D eigenvalue weighted by molar-refractivity contribution is 5.75. The van der Waals surface area contributed by atoms with Crippen molar-refractivity contribution < 1.29 is 13.6 Å². The first-order valence-electron chi connectivity index (χ1n) is 10.4. The summed E-state index contributed by atoms with van der Waals surface area (Å²) in [6.07, 6.45) is 6.50. The highest BCUT2D eigenvalue weighted by Crippen LogP contribution is 2.22. The fraction of sp³-hybridized carbons (Fsp3) is 0.478. The van der Waals surface area contributed by atoms with E-state index in [4.69, 9.17) is 0 Å². The first kappa shape index (κ1) is 21.4. The third-order valence-electron chi connectivity index (χ3n) is 5.54. The molecule has 1 atom stereocenters. The Kier molecular flexibility index (Phi) is 7.69. The highest BCUT2D eigenvalue weighted by atomic mass is 19.2. The fourth-order valence-electron chi connectivity index (χ4n) is 3.79. The molecule has 6 heteroatoms. The predicted molar refractivity (Wildman–Crippen MR) is 109 cm³/mol. The molecule has 2 heterocycles. The molecule has 0 saturated carbocycles. The second-order valence-corrected chi connectivity index (χ2v) is 7.82. The fourth-order valence-corrected chi connectivity index (χ4v) is 3.79. The van der Waals surface area contributed by atoms with E-state index < -0.39 is 11.6 Å². The quantitative estimate of drug-likeness (QED) is 0.720. The molecule has 1 N–H and O–H groups in total.